The van der Waals surface area contributed by atoms with Gasteiger partial charge in [0, 0.05) is 62.8 Å². The van der Waals surface area contributed by atoms with E-state index in [0.29, 0.717) is 11.8 Å². The summed E-state index contributed by atoms with van der Waals surface area (Å²) in [7, 11) is 0. The molecule has 0 bridgehead atoms. The Kier molecular flexibility index (Phi) is 5.49. The topological polar surface area (TPSA) is 60.4 Å². The highest BCUT2D eigenvalue weighted by Gasteiger charge is 2.26. The van der Waals surface area contributed by atoms with Crippen LogP contribution >= 0.6 is 0 Å². The van der Waals surface area contributed by atoms with Crippen molar-refractivity contribution in [3.63, 3.8) is 0 Å². The number of hydrogen-bond acceptors (Lipinski definition) is 6. The number of aromatic nitrogens is 3. The van der Waals surface area contributed by atoms with Gasteiger partial charge in [-0.05, 0) is 37.5 Å². The predicted molar refractivity (Wildman–Crippen MR) is 117 cm³/mol. The molecule has 2 fully saturated rings. The normalized spacial score (nSPS) is 18.6. The third kappa shape index (κ3) is 3.97. The van der Waals surface area contributed by atoms with Gasteiger partial charge in [-0.1, -0.05) is 18.2 Å². The van der Waals surface area contributed by atoms with Crippen LogP contribution < -0.4 is 9.64 Å². The van der Waals surface area contributed by atoms with Crippen LogP contribution in [0.3, 0.4) is 0 Å². The Morgan fingerprint density at radius 3 is 2.60 bits per heavy atom. The van der Waals surface area contributed by atoms with E-state index in [1.165, 1.54) is 10.9 Å². The van der Waals surface area contributed by atoms with E-state index >= 15 is 0 Å². The lowest BCUT2D eigenvalue weighted by molar-refractivity contribution is 0.0823. The number of para-hydroxylation sites is 1. The van der Waals surface area contributed by atoms with Gasteiger partial charge in [-0.2, -0.15) is 0 Å². The van der Waals surface area contributed by atoms with Crippen molar-refractivity contribution in [3.8, 4) is 5.88 Å². The van der Waals surface area contributed by atoms with Crippen molar-refractivity contribution in [1.82, 2.24) is 15.0 Å². The van der Waals surface area contributed by atoms with E-state index in [-0.39, 0.29) is 6.10 Å². The van der Waals surface area contributed by atoms with E-state index in [9.17, 15) is 0 Å². The maximum Gasteiger partial charge on any atom is 0.236 e. The average molecular weight is 405 g/mol. The van der Waals surface area contributed by atoms with Crippen LogP contribution in [-0.4, -0.2) is 47.4 Å². The molecule has 30 heavy (non-hydrogen) atoms. The molecule has 6 heteroatoms. The Balaban J connectivity index is 1.25. The molecular formula is C24H28N4O2. The van der Waals surface area contributed by atoms with Gasteiger partial charge in [0.05, 0.1) is 5.52 Å². The third-order valence-corrected chi connectivity index (χ3v) is 6.25. The van der Waals surface area contributed by atoms with Gasteiger partial charge in [0.2, 0.25) is 5.88 Å². The van der Waals surface area contributed by atoms with E-state index in [1.807, 2.05) is 0 Å². The fourth-order valence-corrected chi connectivity index (χ4v) is 4.50. The van der Waals surface area contributed by atoms with E-state index < -0.39 is 0 Å². The molecule has 2 saturated heterocycles. The number of piperidine rings is 1. The summed E-state index contributed by atoms with van der Waals surface area (Å²) < 4.78 is 11.9. The number of anilines is 1. The highest BCUT2D eigenvalue weighted by molar-refractivity contribution is 5.83. The SMILES string of the molecule is Cc1cccc2ccc(N3CCC(Oc4nccnc4C4CCOCC4)CC3)nc12. The number of aryl methyl sites for hydroxylation is 1. The largest absolute Gasteiger partial charge is 0.473 e. The van der Waals surface area contributed by atoms with Crippen LogP contribution in [0, 0.1) is 6.92 Å². The predicted octanol–water partition coefficient (Wildman–Crippen LogP) is 4.28. The van der Waals surface area contributed by atoms with E-state index in [2.05, 4.69) is 52.1 Å². The highest BCUT2D eigenvalue weighted by atomic mass is 16.5. The highest BCUT2D eigenvalue weighted by Crippen LogP contribution is 2.32. The van der Waals surface area contributed by atoms with Crippen LogP contribution in [0.25, 0.3) is 10.9 Å². The fourth-order valence-electron chi connectivity index (χ4n) is 4.50. The molecule has 0 aliphatic carbocycles. The monoisotopic (exact) mass is 404 g/mol. The molecule has 1 aromatic carbocycles. The molecule has 2 aromatic heterocycles. The van der Waals surface area contributed by atoms with Crippen molar-refractivity contribution in [1.29, 1.82) is 0 Å². The first-order valence-corrected chi connectivity index (χ1v) is 10.9. The molecule has 2 aliphatic heterocycles. The summed E-state index contributed by atoms with van der Waals surface area (Å²) in [5.41, 5.74) is 3.31. The lowest BCUT2D eigenvalue weighted by Gasteiger charge is -2.33. The average Bonchev–Trinajstić information content (AvgIpc) is 2.81. The first kappa shape index (κ1) is 19.2. The number of pyridine rings is 1. The molecule has 4 heterocycles. The van der Waals surface area contributed by atoms with Gasteiger partial charge in [-0.15, -0.1) is 0 Å². The van der Waals surface area contributed by atoms with Gasteiger partial charge in [-0.3, -0.25) is 4.98 Å². The Hall–Kier alpha value is -2.73. The zero-order valence-electron chi connectivity index (χ0n) is 17.5. The Morgan fingerprint density at radius 2 is 1.77 bits per heavy atom. The van der Waals surface area contributed by atoms with Gasteiger partial charge in [0.15, 0.2) is 0 Å². The summed E-state index contributed by atoms with van der Waals surface area (Å²) in [6, 6.07) is 10.6. The van der Waals surface area contributed by atoms with Crippen molar-refractivity contribution >= 4 is 16.7 Å². The molecule has 0 N–H and O–H groups in total. The fraction of sp³-hybridized carbons (Fsp3) is 0.458. The molecule has 5 rings (SSSR count). The molecule has 6 nitrogen and oxygen atoms in total. The Morgan fingerprint density at radius 1 is 0.967 bits per heavy atom. The maximum atomic E-state index is 6.35. The third-order valence-electron chi connectivity index (χ3n) is 6.25. The summed E-state index contributed by atoms with van der Waals surface area (Å²) >= 11 is 0. The second-order valence-corrected chi connectivity index (χ2v) is 8.25. The number of ether oxygens (including phenoxy) is 2. The molecule has 156 valence electrons. The number of rotatable bonds is 4. The standard InChI is InChI=1S/C24H28N4O2/c1-17-3-2-4-18-5-6-21(27-22(17)18)28-13-7-20(8-14-28)30-24-23(25-11-12-26-24)19-9-15-29-16-10-19/h2-6,11-12,19-20H,7-10,13-16H2,1H3. The Bertz CT molecular complexity index is 1010. The molecular weight excluding hydrogens is 376 g/mol. The lowest BCUT2D eigenvalue weighted by atomic mass is 9.96. The van der Waals surface area contributed by atoms with E-state index in [0.717, 1.165) is 69.0 Å². The molecule has 0 saturated carbocycles. The summed E-state index contributed by atoms with van der Waals surface area (Å²) in [6.07, 6.45) is 7.55. The number of hydrogen-bond donors (Lipinski definition) is 0. The second-order valence-electron chi connectivity index (χ2n) is 8.25. The van der Waals surface area contributed by atoms with Gasteiger partial charge in [0.1, 0.15) is 17.6 Å². The van der Waals surface area contributed by atoms with Crippen LogP contribution in [-0.2, 0) is 4.74 Å². The summed E-state index contributed by atoms with van der Waals surface area (Å²) in [6.45, 7) is 5.56. The van der Waals surface area contributed by atoms with Crippen LogP contribution in [0.1, 0.15) is 42.9 Å². The zero-order valence-corrected chi connectivity index (χ0v) is 17.5. The first-order valence-electron chi connectivity index (χ1n) is 10.9. The quantitative estimate of drug-likeness (QED) is 0.647. The van der Waals surface area contributed by atoms with Crippen LogP contribution in [0.2, 0.25) is 0 Å². The number of benzene rings is 1. The van der Waals surface area contributed by atoms with Crippen molar-refractivity contribution in [2.75, 3.05) is 31.2 Å². The van der Waals surface area contributed by atoms with Gasteiger partial charge < -0.3 is 14.4 Å². The van der Waals surface area contributed by atoms with Crippen molar-refractivity contribution < 1.29 is 9.47 Å². The van der Waals surface area contributed by atoms with Crippen LogP contribution in [0.4, 0.5) is 5.82 Å². The molecule has 0 atom stereocenters. The number of fused-ring (bicyclic) bond motifs is 1. The van der Waals surface area contributed by atoms with Crippen molar-refractivity contribution in [2.45, 2.75) is 44.6 Å². The van der Waals surface area contributed by atoms with Crippen molar-refractivity contribution in [2.24, 2.45) is 0 Å². The first-order chi connectivity index (χ1) is 14.8. The van der Waals surface area contributed by atoms with Crippen LogP contribution in [0.5, 0.6) is 5.88 Å². The van der Waals surface area contributed by atoms with Gasteiger partial charge in [0.25, 0.3) is 0 Å². The number of nitrogens with zero attached hydrogens (tertiary/aromatic N) is 4. The zero-order chi connectivity index (χ0) is 20.3. The Labute approximate surface area is 177 Å². The van der Waals surface area contributed by atoms with Gasteiger partial charge >= 0.3 is 0 Å². The summed E-state index contributed by atoms with van der Waals surface area (Å²) in [5.74, 6) is 2.15. The molecule has 3 aromatic rings. The van der Waals surface area contributed by atoms with Crippen molar-refractivity contribution in [3.05, 3.63) is 54.0 Å². The van der Waals surface area contributed by atoms with Crippen LogP contribution in [0.15, 0.2) is 42.7 Å². The summed E-state index contributed by atoms with van der Waals surface area (Å²) in [5, 5.41) is 1.19. The molecule has 0 radical (unpaired) electrons. The van der Waals surface area contributed by atoms with E-state index in [4.69, 9.17) is 14.5 Å². The summed E-state index contributed by atoms with van der Waals surface area (Å²) in [4.78, 5) is 16.4. The molecule has 0 amide bonds. The minimum Gasteiger partial charge on any atom is -0.473 e. The molecule has 0 unspecified atom stereocenters. The smallest absolute Gasteiger partial charge is 0.236 e. The maximum absolute atomic E-state index is 6.35. The molecule has 2 aliphatic rings. The lowest BCUT2D eigenvalue weighted by Crippen LogP contribution is -2.39. The minimum absolute atomic E-state index is 0.165. The van der Waals surface area contributed by atoms with E-state index in [1.54, 1.807) is 12.4 Å². The van der Waals surface area contributed by atoms with Gasteiger partial charge in [-0.25, -0.2) is 9.97 Å². The second kappa shape index (κ2) is 8.56. The minimum atomic E-state index is 0.165. The molecule has 0 spiro atoms.